The number of alkyl halides is 2. The largest absolute Gasteiger partial charge is 0.465 e. The molecule has 0 saturated heterocycles. The first kappa shape index (κ1) is 15.7. The topological polar surface area (TPSA) is 102 Å². The van der Waals surface area contributed by atoms with Gasteiger partial charge in [0.1, 0.15) is 5.69 Å². The van der Waals surface area contributed by atoms with Crippen LogP contribution >= 0.6 is 0 Å². The highest BCUT2D eigenvalue weighted by molar-refractivity contribution is 5.65. The maximum absolute atomic E-state index is 14.6. The van der Waals surface area contributed by atoms with Crippen molar-refractivity contribution in [2.45, 2.75) is 50.3 Å². The highest BCUT2D eigenvalue weighted by Gasteiger charge is 2.47. The molecule has 2 N–H and O–H groups in total. The molecule has 2 aliphatic rings. The lowest BCUT2D eigenvalue weighted by atomic mass is 9.93. The molecule has 0 unspecified atom stereocenters. The van der Waals surface area contributed by atoms with Crippen molar-refractivity contribution in [3.63, 3.8) is 0 Å². The van der Waals surface area contributed by atoms with E-state index < -0.39 is 24.0 Å². The Labute approximate surface area is 130 Å². The number of hydrogen-bond acceptors (Lipinski definition) is 4. The number of nitriles is 1. The number of aliphatic hydroxyl groups is 1. The number of carboxylic acid groups (broad SMARTS) is 1. The van der Waals surface area contributed by atoms with Crippen LogP contribution in [0.2, 0.25) is 0 Å². The summed E-state index contributed by atoms with van der Waals surface area (Å²) >= 11 is 0. The lowest BCUT2D eigenvalue weighted by Crippen LogP contribution is -2.35. The quantitative estimate of drug-likeness (QED) is 0.813. The molecule has 0 fully saturated rings. The summed E-state index contributed by atoms with van der Waals surface area (Å²) in [5.74, 6) is -3.22. The average Bonchev–Trinajstić information content (AvgIpc) is 2.78. The van der Waals surface area contributed by atoms with Crippen molar-refractivity contribution in [2.24, 2.45) is 0 Å². The zero-order valence-electron chi connectivity index (χ0n) is 12.3. The lowest BCUT2D eigenvalue weighted by Gasteiger charge is -2.25. The standard InChI is InChI=1S/C14H16F2N4O3/c15-14(16)3-2-13(23,4-5-17)8-20-11(14)9-7-19(12(21)22)6-1-10(9)18-20/h23H,1-4,6-8H2,(H,21,22)/t13-/m1/s1. The van der Waals surface area contributed by atoms with Crippen molar-refractivity contribution in [1.82, 2.24) is 14.7 Å². The second-order valence-corrected chi connectivity index (χ2v) is 6.15. The maximum Gasteiger partial charge on any atom is 0.407 e. The summed E-state index contributed by atoms with van der Waals surface area (Å²) in [7, 11) is 0. The molecule has 0 aliphatic carbocycles. The maximum atomic E-state index is 14.6. The van der Waals surface area contributed by atoms with E-state index in [-0.39, 0.29) is 50.2 Å². The molecule has 23 heavy (non-hydrogen) atoms. The molecular formula is C14H16F2N4O3. The first-order chi connectivity index (χ1) is 10.8. The van der Waals surface area contributed by atoms with Crippen LogP contribution in [0.25, 0.3) is 0 Å². The van der Waals surface area contributed by atoms with Gasteiger partial charge < -0.3 is 15.1 Å². The Bertz CT molecular complexity index is 697. The molecule has 1 amide bonds. The summed E-state index contributed by atoms with van der Waals surface area (Å²) in [6, 6.07) is 1.83. The Balaban J connectivity index is 2.06. The Morgan fingerprint density at radius 2 is 2.17 bits per heavy atom. The SMILES string of the molecule is N#CC[C@]1(O)CCC(F)(F)c2c3c(nn2C1)CCN(C(=O)O)C3. The Kier molecular flexibility index (Phi) is 3.52. The second kappa shape index (κ2) is 5.16. The molecular weight excluding hydrogens is 310 g/mol. The van der Waals surface area contributed by atoms with Crippen LogP contribution in [0.15, 0.2) is 0 Å². The summed E-state index contributed by atoms with van der Waals surface area (Å²) in [6.07, 6.45) is -1.97. The van der Waals surface area contributed by atoms with Gasteiger partial charge in [0, 0.05) is 24.9 Å². The van der Waals surface area contributed by atoms with Crippen molar-refractivity contribution in [3.05, 3.63) is 17.0 Å². The Morgan fingerprint density at radius 3 is 2.83 bits per heavy atom. The first-order valence-corrected chi connectivity index (χ1v) is 7.30. The molecule has 0 radical (unpaired) electrons. The number of hydrogen-bond donors (Lipinski definition) is 2. The molecule has 1 aromatic heterocycles. The van der Waals surface area contributed by atoms with Gasteiger partial charge in [-0.2, -0.15) is 19.1 Å². The van der Waals surface area contributed by atoms with Crippen LogP contribution in [0.5, 0.6) is 0 Å². The van der Waals surface area contributed by atoms with E-state index in [1.54, 1.807) is 0 Å². The highest BCUT2D eigenvalue weighted by Crippen LogP contribution is 2.43. The molecule has 2 aliphatic heterocycles. The average molecular weight is 326 g/mol. The van der Waals surface area contributed by atoms with Gasteiger partial charge in [0.2, 0.25) is 0 Å². The van der Waals surface area contributed by atoms with Crippen LogP contribution in [0.4, 0.5) is 13.6 Å². The van der Waals surface area contributed by atoms with Crippen LogP contribution in [0.1, 0.15) is 36.2 Å². The number of amides is 1. The molecule has 7 nitrogen and oxygen atoms in total. The predicted molar refractivity (Wildman–Crippen MR) is 72.7 cm³/mol. The molecule has 0 saturated carbocycles. The van der Waals surface area contributed by atoms with Crippen molar-refractivity contribution >= 4 is 6.09 Å². The van der Waals surface area contributed by atoms with E-state index in [2.05, 4.69) is 5.10 Å². The van der Waals surface area contributed by atoms with E-state index in [9.17, 15) is 18.7 Å². The molecule has 0 spiro atoms. The zero-order chi connectivity index (χ0) is 16.8. The third kappa shape index (κ3) is 2.63. The molecule has 3 heterocycles. The van der Waals surface area contributed by atoms with Crippen molar-refractivity contribution in [3.8, 4) is 6.07 Å². The van der Waals surface area contributed by atoms with E-state index in [1.165, 1.54) is 0 Å². The van der Waals surface area contributed by atoms with E-state index in [4.69, 9.17) is 10.4 Å². The van der Waals surface area contributed by atoms with Crippen LogP contribution in [0.3, 0.4) is 0 Å². The molecule has 124 valence electrons. The normalized spacial score (nSPS) is 25.9. The summed E-state index contributed by atoms with van der Waals surface area (Å²) in [6.45, 7) is -0.120. The summed E-state index contributed by atoms with van der Waals surface area (Å²) in [5, 5.41) is 32.5. The molecule has 0 bridgehead atoms. The smallest absolute Gasteiger partial charge is 0.407 e. The molecule has 9 heteroatoms. The minimum atomic E-state index is -3.22. The Hall–Kier alpha value is -2.21. The van der Waals surface area contributed by atoms with E-state index in [0.29, 0.717) is 5.69 Å². The van der Waals surface area contributed by atoms with Gasteiger partial charge in [-0.05, 0) is 6.42 Å². The summed E-state index contributed by atoms with van der Waals surface area (Å²) < 4.78 is 30.2. The van der Waals surface area contributed by atoms with Gasteiger partial charge in [-0.15, -0.1) is 0 Å². The van der Waals surface area contributed by atoms with Crippen LogP contribution in [0, 0.1) is 11.3 Å². The fourth-order valence-corrected chi connectivity index (χ4v) is 3.27. The van der Waals surface area contributed by atoms with Gasteiger partial charge in [-0.1, -0.05) is 0 Å². The summed E-state index contributed by atoms with van der Waals surface area (Å²) in [4.78, 5) is 12.2. The monoisotopic (exact) mass is 326 g/mol. The van der Waals surface area contributed by atoms with Crippen molar-refractivity contribution in [2.75, 3.05) is 6.54 Å². The third-order valence-electron chi connectivity index (χ3n) is 4.47. The van der Waals surface area contributed by atoms with E-state index >= 15 is 0 Å². The number of fused-ring (bicyclic) bond motifs is 3. The van der Waals surface area contributed by atoms with Crippen molar-refractivity contribution in [1.29, 1.82) is 5.26 Å². The molecule has 1 aromatic rings. The molecule has 1 atom stereocenters. The predicted octanol–water partition coefficient (Wildman–Crippen LogP) is 1.45. The van der Waals surface area contributed by atoms with E-state index in [1.807, 2.05) is 6.07 Å². The van der Waals surface area contributed by atoms with Gasteiger partial charge in [-0.25, -0.2) is 4.79 Å². The van der Waals surface area contributed by atoms with Gasteiger partial charge in [0.25, 0.3) is 5.92 Å². The minimum Gasteiger partial charge on any atom is -0.465 e. The van der Waals surface area contributed by atoms with Crippen molar-refractivity contribution < 1.29 is 23.8 Å². The number of aromatic nitrogens is 2. The van der Waals surface area contributed by atoms with Gasteiger partial charge >= 0.3 is 6.09 Å². The van der Waals surface area contributed by atoms with Gasteiger partial charge in [0.15, 0.2) is 0 Å². The van der Waals surface area contributed by atoms with Crippen LogP contribution in [-0.4, -0.2) is 43.1 Å². The highest BCUT2D eigenvalue weighted by atomic mass is 19.3. The fourth-order valence-electron chi connectivity index (χ4n) is 3.27. The molecule has 0 aromatic carbocycles. The lowest BCUT2D eigenvalue weighted by molar-refractivity contribution is -0.0394. The van der Waals surface area contributed by atoms with Gasteiger partial charge in [0.05, 0.1) is 36.9 Å². The number of nitrogens with zero attached hydrogens (tertiary/aromatic N) is 4. The summed E-state index contributed by atoms with van der Waals surface area (Å²) in [5.41, 5.74) is -1.21. The first-order valence-electron chi connectivity index (χ1n) is 7.30. The van der Waals surface area contributed by atoms with Crippen LogP contribution in [-0.2, 0) is 25.4 Å². The zero-order valence-corrected chi connectivity index (χ0v) is 12.3. The Morgan fingerprint density at radius 1 is 1.43 bits per heavy atom. The van der Waals surface area contributed by atoms with E-state index in [0.717, 1.165) is 9.58 Å². The fraction of sp³-hybridized carbons (Fsp3) is 0.643. The minimum absolute atomic E-state index is 0.133. The number of halogens is 2. The third-order valence-corrected chi connectivity index (χ3v) is 4.47. The number of rotatable bonds is 1. The second-order valence-electron chi connectivity index (χ2n) is 6.15. The number of carbonyl (C=O) groups is 1. The van der Waals surface area contributed by atoms with Gasteiger partial charge in [-0.3, -0.25) is 4.68 Å². The molecule has 3 rings (SSSR count). The van der Waals surface area contributed by atoms with Crippen LogP contribution < -0.4 is 0 Å².